The third-order valence-corrected chi connectivity index (χ3v) is 3.63. The van der Waals surface area contributed by atoms with Gasteiger partial charge in [0.05, 0.1) is 0 Å². The van der Waals surface area contributed by atoms with E-state index >= 15 is 0 Å². The summed E-state index contributed by atoms with van der Waals surface area (Å²) in [4.78, 5) is 11.7. The highest BCUT2D eigenvalue weighted by atomic mass is 19.1. The first-order valence-electron chi connectivity index (χ1n) is 6.60. The molecular formula is C15H18F2O. The number of rotatable bonds is 5. The molecule has 1 saturated carbocycles. The third-order valence-electron chi connectivity index (χ3n) is 3.63. The van der Waals surface area contributed by atoms with E-state index in [-0.39, 0.29) is 12.2 Å². The Morgan fingerprint density at radius 2 is 1.72 bits per heavy atom. The van der Waals surface area contributed by atoms with Crippen LogP contribution in [0.5, 0.6) is 0 Å². The highest BCUT2D eigenvalue weighted by molar-refractivity contribution is 5.80. The van der Waals surface area contributed by atoms with Crippen LogP contribution in [0, 0.1) is 17.6 Å². The molecule has 0 amide bonds. The Morgan fingerprint density at radius 3 is 2.33 bits per heavy atom. The molecule has 0 heterocycles. The molecule has 1 aliphatic carbocycles. The van der Waals surface area contributed by atoms with E-state index in [0.717, 1.165) is 12.5 Å². The second-order valence-electron chi connectivity index (χ2n) is 5.18. The maximum Gasteiger partial charge on any atom is 0.137 e. The fourth-order valence-electron chi connectivity index (χ4n) is 2.69. The molecule has 0 saturated heterocycles. The van der Waals surface area contributed by atoms with Crippen molar-refractivity contribution in [3.05, 3.63) is 35.4 Å². The van der Waals surface area contributed by atoms with Crippen LogP contribution in [0.15, 0.2) is 18.2 Å². The zero-order chi connectivity index (χ0) is 13.0. The van der Waals surface area contributed by atoms with Crippen LogP contribution >= 0.6 is 0 Å². The summed E-state index contributed by atoms with van der Waals surface area (Å²) in [5.74, 6) is -0.479. The predicted molar refractivity (Wildman–Crippen MR) is 66.3 cm³/mol. The summed E-state index contributed by atoms with van der Waals surface area (Å²) < 4.78 is 25.9. The molecular weight excluding hydrogens is 234 g/mol. The second-order valence-corrected chi connectivity index (χ2v) is 5.18. The lowest BCUT2D eigenvalue weighted by Gasteiger charge is -2.07. The number of hydrogen-bond donors (Lipinski definition) is 0. The molecule has 1 nitrogen and oxygen atoms in total. The van der Waals surface area contributed by atoms with Gasteiger partial charge in [-0.3, -0.25) is 4.79 Å². The monoisotopic (exact) mass is 252 g/mol. The quantitative estimate of drug-likeness (QED) is 0.772. The Kier molecular flexibility index (Phi) is 4.45. The molecule has 1 fully saturated rings. The van der Waals surface area contributed by atoms with E-state index in [9.17, 15) is 13.6 Å². The fraction of sp³-hybridized carbons (Fsp3) is 0.533. The fourth-order valence-corrected chi connectivity index (χ4v) is 2.69. The average Bonchev–Trinajstić information content (AvgIpc) is 2.77. The normalized spacial score (nSPS) is 16.1. The smallest absolute Gasteiger partial charge is 0.137 e. The molecule has 2 rings (SSSR count). The van der Waals surface area contributed by atoms with Gasteiger partial charge in [-0.05, 0) is 30.0 Å². The van der Waals surface area contributed by atoms with Crippen molar-refractivity contribution in [1.82, 2.24) is 0 Å². The van der Waals surface area contributed by atoms with Crippen LogP contribution in [0.2, 0.25) is 0 Å². The van der Waals surface area contributed by atoms with E-state index < -0.39 is 11.6 Å². The molecule has 98 valence electrons. The Morgan fingerprint density at radius 1 is 1.11 bits per heavy atom. The maximum atomic E-state index is 13.0. The summed E-state index contributed by atoms with van der Waals surface area (Å²) in [5.41, 5.74) is 0.434. The van der Waals surface area contributed by atoms with Crippen LogP contribution in [-0.2, 0) is 11.2 Å². The zero-order valence-electron chi connectivity index (χ0n) is 10.4. The summed E-state index contributed by atoms with van der Waals surface area (Å²) >= 11 is 0. The maximum absolute atomic E-state index is 13.0. The Bertz CT molecular complexity index is 402. The first kappa shape index (κ1) is 13.2. The molecule has 1 aliphatic rings. The van der Waals surface area contributed by atoms with Crippen molar-refractivity contribution in [1.29, 1.82) is 0 Å². The lowest BCUT2D eigenvalue weighted by molar-refractivity contribution is -0.118. The number of Topliss-reactive ketones (excluding diaryl/α,β-unsaturated/α-hetero) is 1. The van der Waals surface area contributed by atoms with Gasteiger partial charge in [0.1, 0.15) is 17.4 Å². The third kappa shape index (κ3) is 3.90. The van der Waals surface area contributed by atoms with Crippen LogP contribution in [0.25, 0.3) is 0 Å². The number of carbonyl (C=O) groups excluding carboxylic acids is 1. The van der Waals surface area contributed by atoms with Gasteiger partial charge in [0.25, 0.3) is 0 Å². The van der Waals surface area contributed by atoms with Crippen molar-refractivity contribution in [2.75, 3.05) is 0 Å². The number of ketones is 1. The second kappa shape index (κ2) is 6.07. The zero-order valence-corrected chi connectivity index (χ0v) is 10.4. The SMILES string of the molecule is O=C(CCC1CCCC1)Cc1cc(F)cc(F)c1. The Balaban J connectivity index is 1.82. The summed E-state index contributed by atoms with van der Waals surface area (Å²) in [6.07, 6.45) is 6.59. The minimum atomic E-state index is -0.617. The largest absolute Gasteiger partial charge is 0.299 e. The molecule has 0 spiro atoms. The number of hydrogen-bond acceptors (Lipinski definition) is 1. The number of carbonyl (C=O) groups is 1. The summed E-state index contributed by atoms with van der Waals surface area (Å²) in [6, 6.07) is 3.29. The Hall–Kier alpha value is -1.25. The molecule has 0 aromatic heterocycles. The van der Waals surface area contributed by atoms with Crippen LogP contribution in [0.4, 0.5) is 8.78 Å². The van der Waals surface area contributed by atoms with Gasteiger partial charge in [-0.15, -0.1) is 0 Å². The topological polar surface area (TPSA) is 17.1 Å². The van der Waals surface area contributed by atoms with Gasteiger partial charge in [0.15, 0.2) is 0 Å². The van der Waals surface area contributed by atoms with Gasteiger partial charge in [-0.25, -0.2) is 8.78 Å². The molecule has 0 N–H and O–H groups in total. The highest BCUT2D eigenvalue weighted by Crippen LogP contribution is 2.28. The van der Waals surface area contributed by atoms with Gasteiger partial charge < -0.3 is 0 Å². The van der Waals surface area contributed by atoms with Crippen molar-refractivity contribution in [2.45, 2.75) is 44.9 Å². The van der Waals surface area contributed by atoms with Crippen LogP contribution in [0.3, 0.4) is 0 Å². The molecule has 0 radical (unpaired) electrons. The highest BCUT2D eigenvalue weighted by Gasteiger charge is 2.16. The molecule has 3 heteroatoms. The molecule has 1 aromatic rings. The first-order valence-corrected chi connectivity index (χ1v) is 6.60. The van der Waals surface area contributed by atoms with Crippen LogP contribution in [-0.4, -0.2) is 5.78 Å². The van der Waals surface area contributed by atoms with Crippen molar-refractivity contribution in [3.8, 4) is 0 Å². The molecule has 0 aliphatic heterocycles. The minimum Gasteiger partial charge on any atom is -0.299 e. The molecule has 0 atom stereocenters. The van der Waals surface area contributed by atoms with E-state index in [1.54, 1.807) is 0 Å². The van der Waals surface area contributed by atoms with E-state index in [1.807, 2.05) is 0 Å². The van der Waals surface area contributed by atoms with E-state index in [4.69, 9.17) is 0 Å². The minimum absolute atomic E-state index is 0.0758. The van der Waals surface area contributed by atoms with Crippen molar-refractivity contribution < 1.29 is 13.6 Å². The van der Waals surface area contributed by atoms with Gasteiger partial charge in [0.2, 0.25) is 0 Å². The van der Waals surface area contributed by atoms with Gasteiger partial charge in [0, 0.05) is 18.9 Å². The molecule has 0 unspecified atom stereocenters. The van der Waals surface area contributed by atoms with Gasteiger partial charge in [-0.2, -0.15) is 0 Å². The lowest BCUT2D eigenvalue weighted by atomic mass is 9.97. The summed E-state index contributed by atoms with van der Waals surface area (Å²) in [5, 5.41) is 0. The van der Waals surface area contributed by atoms with Gasteiger partial charge in [-0.1, -0.05) is 25.7 Å². The first-order chi connectivity index (χ1) is 8.63. The molecule has 18 heavy (non-hydrogen) atoms. The van der Waals surface area contributed by atoms with E-state index in [0.29, 0.717) is 17.9 Å². The molecule has 0 bridgehead atoms. The predicted octanol–water partition coefficient (Wildman–Crippen LogP) is 4.05. The lowest BCUT2D eigenvalue weighted by Crippen LogP contribution is -2.06. The van der Waals surface area contributed by atoms with Crippen molar-refractivity contribution >= 4 is 5.78 Å². The van der Waals surface area contributed by atoms with Crippen LogP contribution in [0.1, 0.15) is 44.1 Å². The van der Waals surface area contributed by atoms with Gasteiger partial charge >= 0.3 is 0 Å². The van der Waals surface area contributed by atoms with Crippen molar-refractivity contribution in [3.63, 3.8) is 0 Å². The molecule has 1 aromatic carbocycles. The van der Waals surface area contributed by atoms with E-state index in [1.165, 1.54) is 37.8 Å². The average molecular weight is 252 g/mol. The standard InChI is InChI=1S/C15H18F2O/c16-13-7-12(8-14(17)10-13)9-15(18)6-5-11-3-1-2-4-11/h7-8,10-11H,1-6,9H2. The summed E-state index contributed by atoms with van der Waals surface area (Å²) in [6.45, 7) is 0. The number of benzene rings is 1. The van der Waals surface area contributed by atoms with Crippen LogP contribution < -0.4 is 0 Å². The Labute approximate surface area is 106 Å². The van der Waals surface area contributed by atoms with Crippen molar-refractivity contribution in [2.24, 2.45) is 5.92 Å². The van der Waals surface area contributed by atoms with E-state index in [2.05, 4.69) is 0 Å². The number of halogens is 2. The summed E-state index contributed by atoms with van der Waals surface area (Å²) in [7, 11) is 0.